The molecule has 1 unspecified atom stereocenters. The average Bonchev–Trinajstić information content (AvgIpc) is 2.15. The van der Waals surface area contributed by atoms with Gasteiger partial charge in [-0.2, -0.15) is 0 Å². The molecule has 1 aliphatic heterocycles. The number of amides is 1. The van der Waals surface area contributed by atoms with Gasteiger partial charge in [0, 0.05) is 13.1 Å². The van der Waals surface area contributed by atoms with Crippen LogP contribution in [0.3, 0.4) is 0 Å². The maximum Gasteiger partial charge on any atom is 0.242 e. The van der Waals surface area contributed by atoms with Crippen molar-refractivity contribution >= 4 is 5.91 Å². The lowest BCUT2D eigenvalue weighted by Crippen LogP contribution is -2.58. The van der Waals surface area contributed by atoms with Gasteiger partial charge in [0.2, 0.25) is 5.91 Å². The number of nitrogens with zero attached hydrogens (tertiary/aromatic N) is 1. The Morgan fingerprint density at radius 1 is 1.56 bits per heavy atom. The first-order valence-corrected chi connectivity index (χ1v) is 6.05. The fourth-order valence-corrected chi connectivity index (χ4v) is 2.31. The average molecular weight is 228 g/mol. The third-order valence-corrected chi connectivity index (χ3v) is 3.12. The van der Waals surface area contributed by atoms with Crippen LogP contribution in [-0.2, 0) is 4.79 Å². The van der Waals surface area contributed by atoms with E-state index < -0.39 is 11.1 Å². The Morgan fingerprint density at radius 3 is 2.69 bits per heavy atom. The molecule has 2 N–H and O–H groups in total. The zero-order valence-electron chi connectivity index (χ0n) is 10.8. The highest BCUT2D eigenvalue weighted by atomic mass is 16.3. The number of nitrogens with one attached hydrogen (secondary N) is 1. The quantitative estimate of drug-likeness (QED) is 0.749. The number of likely N-dealkylation sites (N-methyl/N-ethyl adjacent to an activating group) is 1. The standard InChI is InChI=1S/C12H24N2O2/c1-5-13-11(2,3)10(15)14-8-6-7-12(4,16)9-14/h13,16H,5-9H2,1-4H3. The van der Waals surface area contributed by atoms with Crippen molar-refractivity contribution in [3.05, 3.63) is 0 Å². The second-order valence-electron chi connectivity index (χ2n) is 5.48. The minimum Gasteiger partial charge on any atom is -0.388 e. The van der Waals surface area contributed by atoms with Crippen LogP contribution in [0, 0.1) is 0 Å². The maximum absolute atomic E-state index is 12.2. The van der Waals surface area contributed by atoms with Gasteiger partial charge in [0.25, 0.3) is 0 Å². The number of hydrogen-bond donors (Lipinski definition) is 2. The predicted molar refractivity (Wildman–Crippen MR) is 64.2 cm³/mol. The number of piperidine rings is 1. The van der Waals surface area contributed by atoms with Crippen LogP contribution in [0.1, 0.15) is 40.5 Å². The molecule has 1 aliphatic rings. The summed E-state index contributed by atoms with van der Waals surface area (Å²) >= 11 is 0. The Labute approximate surface area is 98.0 Å². The van der Waals surface area contributed by atoms with Crippen molar-refractivity contribution in [1.29, 1.82) is 0 Å². The molecule has 16 heavy (non-hydrogen) atoms. The van der Waals surface area contributed by atoms with E-state index in [1.54, 1.807) is 11.8 Å². The number of hydrogen-bond acceptors (Lipinski definition) is 3. The molecule has 0 saturated carbocycles. The SMILES string of the molecule is CCNC(C)(C)C(=O)N1CCCC(C)(O)C1. The molecule has 0 aliphatic carbocycles. The lowest BCUT2D eigenvalue weighted by Gasteiger charge is -2.40. The summed E-state index contributed by atoms with van der Waals surface area (Å²) in [6, 6.07) is 0. The molecule has 1 amide bonds. The Hall–Kier alpha value is -0.610. The van der Waals surface area contributed by atoms with E-state index in [9.17, 15) is 9.90 Å². The van der Waals surface area contributed by atoms with Crippen molar-refractivity contribution in [2.75, 3.05) is 19.6 Å². The van der Waals surface area contributed by atoms with Crippen LogP contribution in [0.4, 0.5) is 0 Å². The summed E-state index contributed by atoms with van der Waals surface area (Å²) in [5.41, 5.74) is -1.27. The fraction of sp³-hybridized carbons (Fsp3) is 0.917. The molecule has 0 bridgehead atoms. The summed E-state index contributed by atoms with van der Waals surface area (Å²) in [6.07, 6.45) is 1.65. The number of likely N-dealkylation sites (tertiary alicyclic amines) is 1. The highest BCUT2D eigenvalue weighted by Crippen LogP contribution is 2.22. The van der Waals surface area contributed by atoms with Crippen LogP contribution in [0.15, 0.2) is 0 Å². The molecule has 0 spiro atoms. The largest absolute Gasteiger partial charge is 0.388 e. The summed E-state index contributed by atoms with van der Waals surface area (Å²) in [5, 5.41) is 13.1. The van der Waals surface area contributed by atoms with Crippen LogP contribution in [-0.4, -0.2) is 46.7 Å². The Balaban J connectivity index is 2.67. The first kappa shape index (κ1) is 13.5. The van der Waals surface area contributed by atoms with E-state index >= 15 is 0 Å². The van der Waals surface area contributed by atoms with Crippen molar-refractivity contribution in [3.8, 4) is 0 Å². The Morgan fingerprint density at radius 2 is 2.19 bits per heavy atom. The van der Waals surface area contributed by atoms with Gasteiger partial charge in [-0.3, -0.25) is 4.79 Å². The summed E-state index contributed by atoms with van der Waals surface area (Å²) in [7, 11) is 0. The molecular weight excluding hydrogens is 204 g/mol. The van der Waals surface area contributed by atoms with Crippen molar-refractivity contribution < 1.29 is 9.90 Å². The van der Waals surface area contributed by atoms with Gasteiger partial charge < -0.3 is 15.3 Å². The van der Waals surface area contributed by atoms with Gasteiger partial charge in [-0.25, -0.2) is 0 Å². The summed E-state index contributed by atoms with van der Waals surface area (Å²) in [5.74, 6) is 0.0781. The molecule has 1 saturated heterocycles. The number of rotatable bonds is 3. The molecule has 0 aromatic heterocycles. The van der Waals surface area contributed by atoms with Crippen LogP contribution in [0.25, 0.3) is 0 Å². The van der Waals surface area contributed by atoms with E-state index in [-0.39, 0.29) is 5.91 Å². The molecule has 1 rings (SSSR count). The number of β-amino-alcohol motifs (C(OH)–C–C–N with tert-alkyl or cyclic N) is 1. The first-order chi connectivity index (χ1) is 7.28. The minimum atomic E-state index is -0.726. The number of carbonyl (C=O) groups excluding carboxylic acids is 1. The smallest absolute Gasteiger partial charge is 0.242 e. The fourth-order valence-electron chi connectivity index (χ4n) is 2.31. The maximum atomic E-state index is 12.2. The normalized spacial score (nSPS) is 26.9. The monoisotopic (exact) mass is 228 g/mol. The Bertz CT molecular complexity index is 262. The third kappa shape index (κ3) is 3.19. The van der Waals surface area contributed by atoms with Crippen molar-refractivity contribution in [2.24, 2.45) is 0 Å². The number of carbonyl (C=O) groups is 1. The van der Waals surface area contributed by atoms with E-state index in [0.29, 0.717) is 6.54 Å². The minimum absolute atomic E-state index is 0.0781. The summed E-state index contributed by atoms with van der Waals surface area (Å²) < 4.78 is 0. The van der Waals surface area contributed by atoms with Gasteiger partial charge in [0.15, 0.2) is 0 Å². The van der Waals surface area contributed by atoms with Gasteiger partial charge in [-0.15, -0.1) is 0 Å². The highest BCUT2D eigenvalue weighted by molar-refractivity contribution is 5.85. The number of aliphatic hydroxyl groups is 1. The second-order valence-corrected chi connectivity index (χ2v) is 5.48. The zero-order chi connectivity index (χ0) is 12.4. The molecule has 1 fully saturated rings. The van der Waals surface area contributed by atoms with E-state index in [0.717, 1.165) is 25.9 Å². The molecule has 0 aromatic carbocycles. The second kappa shape index (κ2) is 4.72. The molecule has 4 nitrogen and oxygen atoms in total. The van der Waals surface area contributed by atoms with Crippen molar-refractivity contribution in [2.45, 2.75) is 51.7 Å². The topological polar surface area (TPSA) is 52.6 Å². The van der Waals surface area contributed by atoms with E-state index in [1.165, 1.54) is 0 Å². The van der Waals surface area contributed by atoms with Gasteiger partial charge in [-0.05, 0) is 40.2 Å². The van der Waals surface area contributed by atoms with Crippen LogP contribution in [0.5, 0.6) is 0 Å². The third-order valence-electron chi connectivity index (χ3n) is 3.12. The molecule has 0 radical (unpaired) electrons. The Kier molecular flexibility index (Phi) is 3.97. The van der Waals surface area contributed by atoms with E-state index in [4.69, 9.17) is 0 Å². The molecular formula is C12H24N2O2. The van der Waals surface area contributed by atoms with E-state index in [2.05, 4.69) is 5.32 Å². The lowest BCUT2D eigenvalue weighted by molar-refractivity contribution is -0.143. The summed E-state index contributed by atoms with van der Waals surface area (Å²) in [4.78, 5) is 14.0. The molecule has 1 heterocycles. The highest BCUT2D eigenvalue weighted by Gasteiger charge is 2.36. The van der Waals surface area contributed by atoms with Gasteiger partial charge in [0.05, 0.1) is 11.1 Å². The van der Waals surface area contributed by atoms with Crippen LogP contribution < -0.4 is 5.32 Å². The first-order valence-electron chi connectivity index (χ1n) is 6.05. The molecule has 0 aromatic rings. The van der Waals surface area contributed by atoms with Crippen molar-refractivity contribution in [3.63, 3.8) is 0 Å². The van der Waals surface area contributed by atoms with Crippen molar-refractivity contribution in [1.82, 2.24) is 10.2 Å². The van der Waals surface area contributed by atoms with Crippen LogP contribution in [0.2, 0.25) is 0 Å². The van der Waals surface area contributed by atoms with E-state index in [1.807, 2.05) is 20.8 Å². The zero-order valence-corrected chi connectivity index (χ0v) is 10.8. The van der Waals surface area contributed by atoms with Crippen LogP contribution >= 0.6 is 0 Å². The van der Waals surface area contributed by atoms with Gasteiger partial charge in [0.1, 0.15) is 0 Å². The molecule has 1 atom stereocenters. The molecule has 4 heteroatoms. The predicted octanol–water partition coefficient (Wildman–Crippen LogP) is 0.748. The van der Waals surface area contributed by atoms with Gasteiger partial charge in [-0.1, -0.05) is 6.92 Å². The molecule has 94 valence electrons. The lowest BCUT2D eigenvalue weighted by atomic mass is 9.93. The van der Waals surface area contributed by atoms with Gasteiger partial charge >= 0.3 is 0 Å². The summed E-state index contributed by atoms with van der Waals surface area (Å²) in [6.45, 7) is 9.53.